The molecule has 1 aromatic rings. The molecule has 100 valence electrons. The summed E-state index contributed by atoms with van der Waals surface area (Å²) in [5.41, 5.74) is 0.446. The van der Waals surface area contributed by atoms with E-state index in [1.54, 1.807) is 12.1 Å². The number of rotatable bonds is 7. The maximum absolute atomic E-state index is 13.1. The molecule has 0 atom stereocenters. The molecule has 0 aliphatic rings. The van der Waals surface area contributed by atoms with Gasteiger partial charge in [0, 0.05) is 18.7 Å². The first-order chi connectivity index (χ1) is 8.69. The second-order valence-corrected chi connectivity index (χ2v) is 4.51. The Morgan fingerprint density at radius 1 is 1.17 bits per heavy atom. The minimum atomic E-state index is -0.355. The zero-order chi connectivity index (χ0) is 13.4. The molecule has 0 saturated carbocycles. The normalized spacial score (nSPS) is 10.4. The van der Waals surface area contributed by atoms with Gasteiger partial charge in [0.05, 0.1) is 0 Å². The van der Waals surface area contributed by atoms with E-state index in [4.69, 9.17) is 0 Å². The Kier molecular flexibility index (Phi) is 6.40. The van der Waals surface area contributed by atoms with Crippen molar-refractivity contribution >= 4 is 5.91 Å². The number of hydrogen-bond donors (Lipinski definition) is 0. The van der Waals surface area contributed by atoms with Crippen molar-refractivity contribution in [2.45, 2.75) is 39.5 Å². The van der Waals surface area contributed by atoms with Crippen molar-refractivity contribution in [3.63, 3.8) is 0 Å². The molecule has 0 fully saturated rings. The topological polar surface area (TPSA) is 20.3 Å². The first-order valence-electron chi connectivity index (χ1n) is 6.73. The van der Waals surface area contributed by atoms with Crippen LogP contribution in [0.25, 0.3) is 0 Å². The molecule has 0 spiro atoms. The van der Waals surface area contributed by atoms with E-state index in [9.17, 15) is 9.18 Å². The zero-order valence-corrected chi connectivity index (χ0v) is 11.3. The van der Waals surface area contributed by atoms with Crippen molar-refractivity contribution in [3.05, 3.63) is 35.6 Å². The first kappa shape index (κ1) is 14.7. The van der Waals surface area contributed by atoms with Crippen LogP contribution < -0.4 is 0 Å². The predicted octanol–water partition coefficient (Wildman–Crippen LogP) is 3.87. The Morgan fingerprint density at radius 2 is 1.78 bits per heavy atom. The van der Waals surface area contributed by atoms with E-state index in [0.29, 0.717) is 5.56 Å². The van der Waals surface area contributed by atoms with Crippen LogP contribution in [0.2, 0.25) is 0 Å². The molecule has 0 unspecified atom stereocenters. The summed E-state index contributed by atoms with van der Waals surface area (Å²) in [4.78, 5) is 14.1. The quantitative estimate of drug-likeness (QED) is 0.720. The van der Waals surface area contributed by atoms with Gasteiger partial charge in [0.1, 0.15) is 5.82 Å². The minimum Gasteiger partial charge on any atom is -0.339 e. The lowest BCUT2D eigenvalue weighted by Crippen LogP contribution is -2.33. The molecule has 0 aromatic heterocycles. The second kappa shape index (κ2) is 7.85. The van der Waals surface area contributed by atoms with Gasteiger partial charge in [0.15, 0.2) is 0 Å². The number of unbranched alkanes of at least 4 members (excludes halogenated alkanes) is 2. The van der Waals surface area contributed by atoms with E-state index in [0.717, 1.165) is 38.8 Å². The summed E-state index contributed by atoms with van der Waals surface area (Å²) in [6.07, 6.45) is 4.09. The minimum absolute atomic E-state index is 0.0589. The fourth-order valence-electron chi connectivity index (χ4n) is 1.82. The van der Waals surface area contributed by atoms with Crippen molar-refractivity contribution in [2.75, 3.05) is 13.1 Å². The monoisotopic (exact) mass is 251 g/mol. The highest BCUT2D eigenvalue weighted by Gasteiger charge is 2.14. The summed E-state index contributed by atoms with van der Waals surface area (Å²) in [6.45, 7) is 5.72. The van der Waals surface area contributed by atoms with E-state index in [1.165, 1.54) is 12.1 Å². The van der Waals surface area contributed by atoms with Crippen LogP contribution in [0.1, 0.15) is 49.9 Å². The third kappa shape index (κ3) is 4.47. The van der Waals surface area contributed by atoms with Crippen LogP contribution in [-0.2, 0) is 0 Å². The number of amides is 1. The molecule has 0 aliphatic heterocycles. The Labute approximate surface area is 109 Å². The van der Waals surface area contributed by atoms with Gasteiger partial charge in [-0.25, -0.2) is 4.39 Å². The van der Waals surface area contributed by atoms with E-state index >= 15 is 0 Å². The van der Waals surface area contributed by atoms with Gasteiger partial charge >= 0.3 is 0 Å². The molecule has 1 rings (SSSR count). The van der Waals surface area contributed by atoms with Crippen LogP contribution in [0, 0.1) is 5.82 Å². The van der Waals surface area contributed by atoms with Crippen molar-refractivity contribution in [1.29, 1.82) is 0 Å². The molecule has 0 saturated heterocycles. The number of carbonyl (C=O) groups excluding carboxylic acids is 1. The molecule has 1 amide bonds. The summed E-state index contributed by atoms with van der Waals surface area (Å²) < 4.78 is 13.1. The highest BCUT2D eigenvalue weighted by Crippen LogP contribution is 2.09. The molecular weight excluding hydrogens is 229 g/mol. The zero-order valence-electron chi connectivity index (χ0n) is 11.3. The average molecular weight is 251 g/mol. The second-order valence-electron chi connectivity index (χ2n) is 4.51. The highest BCUT2D eigenvalue weighted by molar-refractivity contribution is 5.94. The molecule has 0 heterocycles. The number of nitrogens with zero attached hydrogens (tertiary/aromatic N) is 1. The van der Waals surface area contributed by atoms with Crippen LogP contribution >= 0.6 is 0 Å². The Hall–Kier alpha value is -1.38. The molecule has 0 N–H and O–H groups in total. The molecule has 1 aromatic carbocycles. The Morgan fingerprint density at radius 3 is 2.28 bits per heavy atom. The van der Waals surface area contributed by atoms with E-state index in [-0.39, 0.29) is 11.7 Å². The number of hydrogen-bond acceptors (Lipinski definition) is 1. The van der Waals surface area contributed by atoms with E-state index in [1.807, 2.05) is 4.90 Å². The van der Waals surface area contributed by atoms with Gasteiger partial charge in [0.2, 0.25) is 0 Å². The number of carbonyl (C=O) groups is 1. The largest absolute Gasteiger partial charge is 0.339 e. The molecule has 0 radical (unpaired) electrons. The van der Waals surface area contributed by atoms with Crippen molar-refractivity contribution < 1.29 is 9.18 Å². The summed E-state index contributed by atoms with van der Waals surface area (Å²) in [5, 5.41) is 0. The fraction of sp³-hybridized carbons (Fsp3) is 0.533. The van der Waals surface area contributed by atoms with Crippen molar-refractivity contribution in [2.24, 2.45) is 0 Å². The lowest BCUT2D eigenvalue weighted by atomic mass is 10.1. The predicted molar refractivity (Wildman–Crippen MR) is 72.1 cm³/mol. The highest BCUT2D eigenvalue weighted by atomic mass is 19.1. The third-order valence-electron chi connectivity index (χ3n) is 2.92. The lowest BCUT2D eigenvalue weighted by Gasteiger charge is -2.22. The van der Waals surface area contributed by atoms with Crippen molar-refractivity contribution in [1.82, 2.24) is 4.90 Å². The van der Waals surface area contributed by atoms with Crippen LogP contribution in [0.5, 0.6) is 0 Å². The van der Waals surface area contributed by atoms with Crippen LogP contribution in [0.4, 0.5) is 4.39 Å². The van der Waals surface area contributed by atoms with Gasteiger partial charge in [-0.2, -0.15) is 0 Å². The van der Waals surface area contributed by atoms with Crippen molar-refractivity contribution in [3.8, 4) is 0 Å². The molecule has 3 heteroatoms. The van der Waals surface area contributed by atoms with E-state index < -0.39 is 0 Å². The Bertz CT molecular complexity index is 371. The molecule has 2 nitrogen and oxygen atoms in total. The summed E-state index contributed by atoms with van der Waals surface area (Å²) in [5.74, 6) is -0.414. The van der Waals surface area contributed by atoms with Gasteiger partial charge < -0.3 is 4.90 Å². The van der Waals surface area contributed by atoms with Crippen LogP contribution in [-0.4, -0.2) is 23.9 Å². The van der Waals surface area contributed by atoms with Crippen LogP contribution in [0.3, 0.4) is 0 Å². The van der Waals surface area contributed by atoms with Gasteiger partial charge in [-0.15, -0.1) is 0 Å². The standard InChI is InChI=1S/C15H22FNO/c1-3-5-10-17(11-6-4-2)15(18)13-8-7-9-14(16)12-13/h7-9,12H,3-6,10-11H2,1-2H3. The van der Waals surface area contributed by atoms with Gasteiger partial charge in [-0.1, -0.05) is 32.8 Å². The maximum Gasteiger partial charge on any atom is 0.253 e. The SMILES string of the molecule is CCCCN(CCCC)C(=O)c1cccc(F)c1. The molecular formula is C15H22FNO. The molecule has 0 bridgehead atoms. The molecule has 18 heavy (non-hydrogen) atoms. The summed E-state index contributed by atoms with van der Waals surface area (Å²) >= 11 is 0. The Balaban J connectivity index is 2.73. The molecule has 0 aliphatic carbocycles. The first-order valence-corrected chi connectivity index (χ1v) is 6.73. The smallest absolute Gasteiger partial charge is 0.253 e. The van der Waals surface area contributed by atoms with Gasteiger partial charge in [0.25, 0.3) is 5.91 Å². The number of benzene rings is 1. The lowest BCUT2D eigenvalue weighted by molar-refractivity contribution is 0.0750. The van der Waals surface area contributed by atoms with Gasteiger partial charge in [-0.05, 0) is 31.0 Å². The average Bonchev–Trinajstić information content (AvgIpc) is 2.38. The van der Waals surface area contributed by atoms with Crippen LogP contribution in [0.15, 0.2) is 24.3 Å². The van der Waals surface area contributed by atoms with Gasteiger partial charge in [-0.3, -0.25) is 4.79 Å². The summed E-state index contributed by atoms with van der Waals surface area (Å²) in [6, 6.07) is 5.93. The van der Waals surface area contributed by atoms with E-state index in [2.05, 4.69) is 13.8 Å². The fourth-order valence-corrected chi connectivity index (χ4v) is 1.82. The third-order valence-corrected chi connectivity index (χ3v) is 2.92. The maximum atomic E-state index is 13.1. The summed E-state index contributed by atoms with van der Waals surface area (Å²) in [7, 11) is 0. The number of halogens is 1.